The van der Waals surface area contributed by atoms with Gasteiger partial charge in [0.25, 0.3) is 0 Å². The van der Waals surface area contributed by atoms with Gasteiger partial charge >= 0.3 is 12.0 Å². The van der Waals surface area contributed by atoms with E-state index in [1.54, 1.807) is 19.1 Å². The van der Waals surface area contributed by atoms with Crippen LogP contribution in [0.2, 0.25) is 0 Å². The third kappa shape index (κ3) is 4.37. The average Bonchev–Trinajstić information content (AvgIpc) is 2.97. The Hall–Kier alpha value is -2.31. The van der Waals surface area contributed by atoms with E-state index in [1.807, 2.05) is 20.8 Å². The molecule has 2 rings (SSSR count). The number of hydrogen-bond acceptors (Lipinski definition) is 5. The number of carbonyl (C=O) groups excluding carboxylic acids is 2. The van der Waals surface area contributed by atoms with Gasteiger partial charge in [0, 0.05) is 12.6 Å². The second-order valence-electron chi connectivity index (χ2n) is 6.80. The summed E-state index contributed by atoms with van der Waals surface area (Å²) in [5.41, 5.74) is 0.671. The van der Waals surface area contributed by atoms with Crippen molar-refractivity contribution in [1.82, 2.24) is 9.88 Å². The van der Waals surface area contributed by atoms with Gasteiger partial charge in [-0.15, -0.1) is 0 Å². The van der Waals surface area contributed by atoms with E-state index in [-0.39, 0.29) is 12.0 Å². The molecule has 1 atom stereocenters. The lowest BCUT2D eigenvalue weighted by Gasteiger charge is -2.27. The van der Waals surface area contributed by atoms with Crippen LogP contribution < -0.4 is 10.1 Å². The predicted octanol–water partition coefficient (Wildman–Crippen LogP) is 2.74. The number of likely N-dealkylation sites (tertiary alicyclic amines) is 1. The molecule has 1 aliphatic heterocycles. The first-order chi connectivity index (χ1) is 11.2. The van der Waals surface area contributed by atoms with Crippen molar-refractivity contribution in [2.75, 3.05) is 19.0 Å². The summed E-state index contributed by atoms with van der Waals surface area (Å²) >= 11 is 0. The molecule has 7 heteroatoms. The number of aromatic nitrogens is 1. The van der Waals surface area contributed by atoms with Gasteiger partial charge in [-0.05, 0) is 46.6 Å². The molecule has 1 saturated heterocycles. The lowest BCUT2D eigenvalue weighted by molar-refractivity contribution is -0.159. The maximum atomic E-state index is 12.5. The van der Waals surface area contributed by atoms with Crippen LogP contribution in [0.3, 0.4) is 0 Å². The van der Waals surface area contributed by atoms with E-state index < -0.39 is 11.6 Å². The summed E-state index contributed by atoms with van der Waals surface area (Å²) in [6.07, 6.45) is 1.39. The Labute approximate surface area is 142 Å². The molecule has 0 bridgehead atoms. The molecule has 1 aromatic heterocycles. The molecule has 0 spiro atoms. The standard InChI is InChI=1S/C17H25N3O4/c1-11-12(8-9-14(18-11)23-5)19-16(22)20-10-6-7-13(20)15(21)24-17(2,3)4/h8-9,13H,6-7,10H2,1-5H3,(H,19,22)/t13-/m0/s1. The molecular weight excluding hydrogens is 310 g/mol. The summed E-state index contributed by atoms with van der Waals surface area (Å²) < 4.78 is 10.5. The van der Waals surface area contributed by atoms with Crippen molar-refractivity contribution in [2.24, 2.45) is 0 Å². The van der Waals surface area contributed by atoms with Crippen LogP contribution in [0.25, 0.3) is 0 Å². The van der Waals surface area contributed by atoms with E-state index in [1.165, 1.54) is 12.0 Å². The minimum Gasteiger partial charge on any atom is -0.481 e. The van der Waals surface area contributed by atoms with Crippen LogP contribution in [0.5, 0.6) is 5.88 Å². The third-order valence-corrected chi connectivity index (χ3v) is 3.70. The molecule has 1 fully saturated rings. The number of ether oxygens (including phenoxy) is 2. The van der Waals surface area contributed by atoms with E-state index in [0.29, 0.717) is 30.2 Å². The van der Waals surface area contributed by atoms with Gasteiger partial charge in [0.2, 0.25) is 5.88 Å². The van der Waals surface area contributed by atoms with Crippen LogP contribution in [0.1, 0.15) is 39.3 Å². The zero-order chi connectivity index (χ0) is 17.9. The Morgan fingerprint density at radius 3 is 2.62 bits per heavy atom. The molecule has 0 unspecified atom stereocenters. The van der Waals surface area contributed by atoms with E-state index in [2.05, 4.69) is 10.3 Å². The van der Waals surface area contributed by atoms with Gasteiger partial charge in [-0.3, -0.25) is 0 Å². The number of amides is 2. The fourth-order valence-corrected chi connectivity index (χ4v) is 2.60. The lowest BCUT2D eigenvalue weighted by Crippen LogP contribution is -2.45. The highest BCUT2D eigenvalue weighted by atomic mass is 16.6. The minimum atomic E-state index is -0.571. The molecule has 1 aliphatic rings. The van der Waals surface area contributed by atoms with Gasteiger partial charge in [-0.25, -0.2) is 14.6 Å². The van der Waals surface area contributed by atoms with Gasteiger partial charge in [0.15, 0.2) is 0 Å². The second kappa shape index (κ2) is 7.07. The number of esters is 1. The first-order valence-electron chi connectivity index (χ1n) is 8.03. The van der Waals surface area contributed by atoms with Gasteiger partial charge in [0.1, 0.15) is 11.6 Å². The van der Waals surface area contributed by atoms with Gasteiger partial charge in [0.05, 0.1) is 18.5 Å². The Bertz CT molecular complexity index is 625. The van der Waals surface area contributed by atoms with Crippen LogP contribution in [0.15, 0.2) is 12.1 Å². The summed E-state index contributed by atoms with van der Waals surface area (Å²) in [6.45, 7) is 7.76. The Kier molecular flexibility index (Phi) is 5.31. The minimum absolute atomic E-state index is 0.321. The highest BCUT2D eigenvalue weighted by Crippen LogP contribution is 2.23. The monoisotopic (exact) mass is 335 g/mol. The third-order valence-electron chi connectivity index (χ3n) is 3.70. The Morgan fingerprint density at radius 2 is 2.04 bits per heavy atom. The Balaban J connectivity index is 2.07. The van der Waals surface area contributed by atoms with Crippen molar-refractivity contribution in [1.29, 1.82) is 0 Å². The second-order valence-corrected chi connectivity index (χ2v) is 6.80. The number of pyridine rings is 1. The Morgan fingerprint density at radius 1 is 1.33 bits per heavy atom. The number of methoxy groups -OCH3 is 1. The van der Waals surface area contributed by atoms with E-state index in [9.17, 15) is 9.59 Å². The quantitative estimate of drug-likeness (QED) is 0.859. The number of carbonyl (C=O) groups is 2. The molecule has 7 nitrogen and oxygen atoms in total. The molecule has 1 N–H and O–H groups in total. The first-order valence-corrected chi connectivity index (χ1v) is 8.03. The average molecular weight is 335 g/mol. The fraction of sp³-hybridized carbons (Fsp3) is 0.588. The van der Waals surface area contributed by atoms with Gasteiger partial charge < -0.3 is 19.7 Å². The molecule has 0 saturated carbocycles. The zero-order valence-electron chi connectivity index (χ0n) is 14.9. The maximum Gasteiger partial charge on any atom is 0.329 e. The number of aryl methyl sites for hydroxylation is 1. The smallest absolute Gasteiger partial charge is 0.329 e. The van der Waals surface area contributed by atoms with Crippen molar-refractivity contribution < 1.29 is 19.1 Å². The molecule has 2 amide bonds. The van der Waals surface area contributed by atoms with Crippen LogP contribution in [-0.4, -0.2) is 47.2 Å². The highest BCUT2D eigenvalue weighted by Gasteiger charge is 2.37. The lowest BCUT2D eigenvalue weighted by atomic mass is 10.1. The fourth-order valence-electron chi connectivity index (χ4n) is 2.60. The number of nitrogens with one attached hydrogen (secondary N) is 1. The van der Waals surface area contributed by atoms with Gasteiger partial charge in [-0.2, -0.15) is 0 Å². The van der Waals surface area contributed by atoms with E-state index in [0.717, 1.165) is 6.42 Å². The van der Waals surface area contributed by atoms with Crippen LogP contribution in [-0.2, 0) is 9.53 Å². The first kappa shape index (κ1) is 18.0. The number of anilines is 1. The molecule has 2 heterocycles. The predicted molar refractivity (Wildman–Crippen MR) is 90.1 cm³/mol. The SMILES string of the molecule is COc1ccc(NC(=O)N2CCC[C@H]2C(=O)OC(C)(C)C)c(C)n1. The van der Waals surface area contributed by atoms with E-state index in [4.69, 9.17) is 9.47 Å². The van der Waals surface area contributed by atoms with Crippen molar-refractivity contribution in [3.63, 3.8) is 0 Å². The van der Waals surface area contributed by atoms with Crippen molar-refractivity contribution in [2.45, 2.75) is 52.2 Å². The number of rotatable bonds is 3. The zero-order valence-corrected chi connectivity index (χ0v) is 14.9. The number of urea groups is 1. The van der Waals surface area contributed by atoms with Crippen LogP contribution in [0, 0.1) is 6.92 Å². The molecule has 24 heavy (non-hydrogen) atoms. The molecule has 0 radical (unpaired) electrons. The highest BCUT2D eigenvalue weighted by molar-refractivity contribution is 5.93. The van der Waals surface area contributed by atoms with E-state index >= 15 is 0 Å². The maximum absolute atomic E-state index is 12.5. The van der Waals surface area contributed by atoms with Crippen molar-refractivity contribution >= 4 is 17.7 Å². The molecule has 0 aliphatic carbocycles. The summed E-state index contributed by atoms with van der Waals surface area (Å²) in [4.78, 5) is 30.6. The molecular formula is C17H25N3O4. The summed E-state index contributed by atoms with van der Waals surface area (Å²) in [6, 6.07) is 2.55. The molecule has 1 aromatic rings. The molecule has 0 aromatic carbocycles. The topological polar surface area (TPSA) is 80.8 Å². The van der Waals surface area contributed by atoms with Crippen LogP contribution in [0.4, 0.5) is 10.5 Å². The molecule has 132 valence electrons. The van der Waals surface area contributed by atoms with Crippen molar-refractivity contribution in [3.8, 4) is 5.88 Å². The largest absolute Gasteiger partial charge is 0.481 e. The van der Waals surface area contributed by atoms with Crippen molar-refractivity contribution in [3.05, 3.63) is 17.8 Å². The number of hydrogen-bond donors (Lipinski definition) is 1. The summed E-state index contributed by atoms with van der Waals surface area (Å²) in [5, 5.41) is 2.81. The summed E-state index contributed by atoms with van der Waals surface area (Å²) in [7, 11) is 1.54. The summed E-state index contributed by atoms with van der Waals surface area (Å²) in [5.74, 6) is 0.123. The number of nitrogens with zero attached hydrogens (tertiary/aromatic N) is 2. The normalized spacial score (nSPS) is 17.5. The van der Waals surface area contributed by atoms with Crippen LogP contribution >= 0.6 is 0 Å². The van der Waals surface area contributed by atoms with Gasteiger partial charge in [-0.1, -0.05) is 0 Å².